The first kappa shape index (κ1) is 13.9. The van der Waals surface area contributed by atoms with Gasteiger partial charge < -0.3 is 14.4 Å². The number of hydrogen-bond acceptors (Lipinski definition) is 4. The average molecular weight is 288 g/mol. The van der Waals surface area contributed by atoms with Crippen molar-refractivity contribution in [3.63, 3.8) is 0 Å². The molecule has 0 aliphatic carbocycles. The second-order valence-electron chi connectivity index (χ2n) is 5.33. The Morgan fingerprint density at radius 2 is 1.95 bits per heavy atom. The van der Waals surface area contributed by atoms with E-state index in [9.17, 15) is 4.79 Å². The number of para-hydroxylation sites is 2. The highest BCUT2D eigenvalue weighted by molar-refractivity contribution is 5.87. The molecule has 0 spiro atoms. The zero-order chi connectivity index (χ0) is 14.7. The highest BCUT2D eigenvalue weighted by Gasteiger charge is 2.26. The largest absolute Gasteiger partial charge is 0.486 e. The number of benzene rings is 1. The number of carbonyl (C=O) groups is 1. The molecule has 1 unspecified atom stereocenters. The Balaban J connectivity index is 1.51. The lowest BCUT2D eigenvalue weighted by Gasteiger charge is -2.37. The third-order valence-corrected chi connectivity index (χ3v) is 3.89. The van der Waals surface area contributed by atoms with Gasteiger partial charge in [-0.25, -0.2) is 0 Å². The predicted molar refractivity (Wildman–Crippen MR) is 79.6 cm³/mol. The quantitative estimate of drug-likeness (QED) is 0.783. The third kappa shape index (κ3) is 3.19. The number of nitrogens with zero attached hydrogens (tertiary/aromatic N) is 2. The van der Waals surface area contributed by atoms with Crippen molar-refractivity contribution in [3.8, 4) is 11.5 Å². The lowest BCUT2D eigenvalue weighted by Crippen LogP contribution is -2.51. The second kappa shape index (κ2) is 6.18. The van der Waals surface area contributed by atoms with E-state index in [-0.39, 0.29) is 12.0 Å². The Bertz CT molecular complexity index is 524. The molecule has 1 saturated heterocycles. The molecule has 3 rings (SSSR count). The van der Waals surface area contributed by atoms with Crippen LogP contribution in [0.4, 0.5) is 0 Å². The van der Waals surface area contributed by atoms with E-state index in [0.717, 1.165) is 44.2 Å². The molecule has 2 aliphatic heterocycles. The molecule has 1 aromatic rings. The molecule has 0 aromatic heterocycles. The summed E-state index contributed by atoms with van der Waals surface area (Å²) in [5.41, 5.74) is 0. The highest BCUT2D eigenvalue weighted by atomic mass is 16.6. The maximum atomic E-state index is 11.5. The first-order valence-corrected chi connectivity index (χ1v) is 7.28. The fourth-order valence-corrected chi connectivity index (χ4v) is 2.72. The van der Waals surface area contributed by atoms with E-state index >= 15 is 0 Å². The third-order valence-electron chi connectivity index (χ3n) is 3.89. The Kier molecular flexibility index (Phi) is 4.10. The van der Waals surface area contributed by atoms with E-state index in [0.29, 0.717) is 6.61 Å². The topological polar surface area (TPSA) is 42.0 Å². The molecule has 2 heterocycles. The van der Waals surface area contributed by atoms with Crippen LogP contribution in [0.3, 0.4) is 0 Å². The molecule has 1 amide bonds. The summed E-state index contributed by atoms with van der Waals surface area (Å²) in [5.74, 6) is 1.64. The van der Waals surface area contributed by atoms with Gasteiger partial charge in [-0.05, 0) is 18.2 Å². The van der Waals surface area contributed by atoms with Crippen molar-refractivity contribution in [2.24, 2.45) is 0 Å². The number of ether oxygens (including phenoxy) is 2. The fourth-order valence-electron chi connectivity index (χ4n) is 2.72. The average Bonchev–Trinajstić information content (AvgIpc) is 2.55. The molecule has 21 heavy (non-hydrogen) atoms. The Morgan fingerprint density at radius 3 is 2.67 bits per heavy atom. The van der Waals surface area contributed by atoms with Crippen LogP contribution in [0.2, 0.25) is 0 Å². The van der Waals surface area contributed by atoms with Crippen LogP contribution in [0.1, 0.15) is 0 Å². The van der Waals surface area contributed by atoms with Crippen molar-refractivity contribution in [2.75, 3.05) is 39.3 Å². The number of fused-ring (bicyclic) bond motifs is 1. The van der Waals surface area contributed by atoms with E-state index < -0.39 is 0 Å². The molecule has 1 fully saturated rings. The first-order chi connectivity index (χ1) is 10.3. The SMILES string of the molecule is C=CC(=O)N1CCN(CC2COc3ccccc3O2)CC1. The van der Waals surface area contributed by atoms with Crippen LogP contribution in [-0.2, 0) is 4.79 Å². The molecule has 2 aliphatic rings. The lowest BCUT2D eigenvalue weighted by molar-refractivity contribution is -0.127. The van der Waals surface area contributed by atoms with Gasteiger partial charge in [0, 0.05) is 32.7 Å². The Morgan fingerprint density at radius 1 is 1.24 bits per heavy atom. The van der Waals surface area contributed by atoms with Crippen molar-refractivity contribution in [1.82, 2.24) is 9.80 Å². The summed E-state index contributed by atoms with van der Waals surface area (Å²) in [5, 5.41) is 0. The van der Waals surface area contributed by atoms with Crippen molar-refractivity contribution in [1.29, 1.82) is 0 Å². The molecular formula is C16H20N2O3. The van der Waals surface area contributed by atoms with E-state index in [1.54, 1.807) is 0 Å². The monoisotopic (exact) mass is 288 g/mol. The van der Waals surface area contributed by atoms with Gasteiger partial charge in [0.15, 0.2) is 11.5 Å². The number of amides is 1. The minimum atomic E-state index is 0.0147. The van der Waals surface area contributed by atoms with E-state index in [2.05, 4.69) is 11.5 Å². The molecular weight excluding hydrogens is 268 g/mol. The van der Waals surface area contributed by atoms with Gasteiger partial charge in [0.2, 0.25) is 5.91 Å². The van der Waals surface area contributed by atoms with Crippen LogP contribution in [0, 0.1) is 0 Å². The van der Waals surface area contributed by atoms with Crippen LogP contribution in [0.5, 0.6) is 11.5 Å². The smallest absolute Gasteiger partial charge is 0.246 e. The number of piperazine rings is 1. The van der Waals surface area contributed by atoms with Gasteiger partial charge in [0.25, 0.3) is 0 Å². The van der Waals surface area contributed by atoms with Gasteiger partial charge in [-0.15, -0.1) is 0 Å². The summed E-state index contributed by atoms with van der Waals surface area (Å²) in [6.45, 7) is 8.14. The molecule has 0 bridgehead atoms. The van der Waals surface area contributed by atoms with Crippen LogP contribution < -0.4 is 9.47 Å². The van der Waals surface area contributed by atoms with Crippen molar-refractivity contribution in [3.05, 3.63) is 36.9 Å². The van der Waals surface area contributed by atoms with E-state index in [1.165, 1.54) is 6.08 Å². The van der Waals surface area contributed by atoms with E-state index in [1.807, 2.05) is 29.2 Å². The summed E-state index contributed by atoms with van der Waals surface area (Å²) in [4.78, 5) is 15.7. The normalized spacial score (nSPS) is 21.9. The Hall–Kier alpha value is -2.01. The minimum Gasteiger partial charge on any atom is -0.486 e. The molecule has 112 valence electrons. The molecule has 5 heteroatoms. The van der Waals surface area contributed by atoms with Crippen LogP contribution >= 0.6 is 0 Å². The number of rotatable bonds is 3. The minimum absolute atomic E-state index is 0.0147. The first-order valence-electron chi connectivity index (χ1n) is 7.28. The lowest BCUT2D eigenvalue weighted by atomic mass is 10.2. The maximum absolute atomic E-state index is 11.5. The summed E-state index contributed by atoms with van der Waals surface area (Å²) in [6.07, 6.45) is 1.42. The van der Waals surface area contributed by atoms with Gasteiger partial charge >= 0.3 is 0 Å². The zero-order valence-electron chi connectivity index (χ0n) is 12.0. The molecule has 5 nitrogen and oxygen atoms in total. The summed E-state index contributed by atoms with van der Waals surface area (Å²) < 4.78 is 11.7. The second-order valence-corrected chi connectivity index (χ2v) is 5.33. The Labute approximate surface area is 124 Å². The molecule has 0 radical (unpaired) electrons. The highest BCUT2D eigenvalue weighted by Crippen LogP contribution is 2.31. The van der Waals surface area contributed by atoms with Crippen LogP contribution in [-0.4, -0.2) is 61.1 Å². The van der Waals surface area contributed by atoms with Gasteiger partial charge in [0.05, 0.1) is 0 Å². The molecule has 0 saturated carbocycles. The molecule has 1 atom stereocenters. The molecule has 1 aromatic carbocycles. The number of carbonyl (C=O) groups excluding carboxylic acids is 1. The van der Waals surface area contributed by atoms with Crippen molar-refractivity contribution < 1.29 is 14.3 Å². The van der Waals surface area contributed by atoms with Gasteiger partial charge in [-0.3, -0.25) is 9.69 Å². The van der Waals surface area contributed by atoms with Gasteiger partial charge in [0.1, 0.15) is 12.7 Å². The summed E-state index contributed by atoms with van der Waals surface area (Å²) in [7, 11) is 0. The summed E-state index contributed by atoms with van der Waals surface area (Å²) in [6, 6.07) is 7.75. The number of hydrogen-bond donors (Lipinski definition) is 0. The maximum Gasteiger partial charge on any atom is 0.246 e. The predicted octanol–water partition coefficient (Wildman–Crippen LogP) is 1.16. The zero-order valence-corrected chi connectivity index (χ0v) is 12.0. The van der Waals surface area contributed by atoms with E-state index in [4.69, 9.17) is 9.47 Å². The molecule has 0 N–H and O–H groups in total. The fraction of sp³-hybridized carbons (Fsp3) is 0.438. The summed E-state index contributed by atoms with van der Waals surface area (Å²) >= 11 is 0. The van der Waals surface area contributed by atoms with Crippen LogP contribution in [0.25, 0.3) is 0 Å². The van der Waals surface area contributed by atoms with Gasteiger partial charge in [-0.2, -0.15) is 0 Å². The van der Waals surface area contributed by atoms with Gasteiger partial charge in [-0.1, -0.05) is 18.7 Å². The standard InChI is InChI=1S/C16H20N2O3/c1-2-16(19)18-9-7-17(8-10-18)11-13-12-20-14-5-3-4-6-15(14)21-13/h2-6,13H,1,7-12H2. The van der Waals surface area contributed by atoms with Crippen molar-refractivity contribution in [2.45, 2.75) is 6.10 Å². The van der Waals surface area contributed by atoms with Crippen molar-refractivity contribution >= 4 is 5.91 Å². The van der Waals surface area contributed by atoms with Crippen LogP contribution in [0.15, 0.2) is 36.9 Å².